The van der Waals surface area contributed by atoms with Crippen LogP contribution in [0.3, 0.4) is 0 Å². The second-order valence-electron chi connectivity index (χ2n) is 10.6. The van der Waals surface area contributed by atoms with E-state index in [4.69, 9.17) is 4.74 Å². The van der Waals surface area contributed by atoms with Crippen molar-refractivity contribution in [1.82, 2.24) is 4.31 Å². The van der Waals surface area contributed by atoms with E-state index >= 15 is 0 Å². The number of fused-ring (bicyclic) bond motifs is 1. The largest absolute Gasteiger partial charge is 0.483 e. The molecule has 1 unspecified atom stereocenters. The van der Waals surface area contributed by atoms with Crippen molar-refractivity contribution in [3.8, 4) is 16.2 Å². The molecule has 222 valence electrons. The van der Waals surface area contributed by atoms with Crippen molar-refractivity contribution in [3.63, 3.8) is 0 Å². The number of nitrogens with zero attached hydrogens (tertiary/aromatic N) is 2. The van der Waals surface area contributed by atoms with Crippen LogP contribution in [-0.4, -0.2) is 56.9 Å². The van der Waals surface area contributed by atoms with Gasteiger partial charge in [0.1, 0.15) is 10.6 Å². The van der Waals surface area contributed by atoms with Crippen LogP contribution in [-0.2, 0) is 0 Å². The molecule has 2 aliphatic rings. The van der Waals surface area contributed by atoms with E-state index in [1.165, 1.54) is 12.1 Å². The molecule has 2 aromatic carbocycles. The number of para-hydroxylation sites is 1. The lowest BCUT2D eigenvalue weighted by molar-refractivity contribution is -0.153. The fourth-order valence-electron chi connectivity index (χ4n) is 5.84. The van der Waals surface area contributed by atoms with Crippen molar-refractivity contribution >= 4 is 39.5 Å². The van der Waals surface area contributed by atoms with Gasteiger partial charge in [0.15, 0.2) is 6.61 Å². The highest BCUT2D eigenvalue weighted by Crippen LogP contribution is 2.61. The van der Waals surface area contributed by atoms with Crippen LogP contribution in [0.2, 0.25) is 0 Å². The van der Waals surface area contributed by atoms with Gasteiger partial charge in [-0.1, -0.05) is 37.5 Å². The van der Waals surface area contributed by atoms with Gasteiger partial charge in [0.2, 0.25) is 0 Å². The summed E-state index contributed by atoms with van der Waals surface area (Å²) in [6.45, 7) is 0.449. The zero-order valence-corrected chi connectivity index (χ0v) is 24.4. The minimum atomic E-state index is -4.62. The number of aromatic carboxylic acids is 1. The SMILES string of the molecule is Cc1cc(-c2cc3c(cc2OCC(F)(F)F)N(c2ccccc2)CC(C2CCCCC2)N(C)S3(O)O)sc1C(=O)O. The Bertz CT molecular complexity index is 1410. The summed E-state index contributed by atoms with van der Waals surface area (Å²) in [7, 11) is -1.91. The lowest BCUT2D eigenvalue weighted by atomic mass is 9.83. The normalized spacial score (nSPS) is 20.8. The molecule has 0 spiro atoms. The summed E-state index contributed by atoms with van der Waals surface area (Å²) in [6, 6.07) is 13.6. The number of alkyl halides is 3. The van der Waals surface area contributed by atoms with Crippen molar-refractivity contribution in [2.24, 2.45) is 5.92 Å². The van der Waals surface area contributed by atoms with Gasteiger partial charge >= 0.3 is 12.1 Å². The average Bonchev–Trinajstić information content (AvgIpc) is 3.30. The molecule has 12 heteroatoms. The first-order valence-electron chi connectivity index (χ1n) is 13.4. The maximum absolute atomic E-state index is 13.3. The number of halogens is 3. The molecule has 0 amide bonds. The summed E-state index contributed by atoms with van der Waals surface area (Å²) < 4.78 is 70.6. The van der Waals surface area contributed by atoms with Gasteiger partial charge < -0.3 is 14.7 Å². The molecule has 1 fully saturated rings. The number of rotatable bonds is 6. The van der Waals surface area contributed by atoms with Crippen LogP contribution in [0.15, 0.2) is 53.4 Å². The predicted molar refractivity (Wildman–Crippen MR) is 156 cm³/mol. The Hall–Kier alpha value is -2.77. The second kappa shape index (κ2) is 11.5. The first-order valence-corrected chi connectivity index (χ1v) is 15.7. The van der Waals surface area contributed by atoms with E-state index in [0.717, 1.165) is 49.1 Å². The van der Waals surface area contributed by atoms with Crippen LogP contribution < -0.4 is 9.64 Å². The molecule has 7 nitrogen and oxygen atoms in total. The molecule has 5 rings (SSSR count). The number of carboxylic acid groups (broad SMARTS) is 1. The highest BCUT2D eigenvalue weighted by Gasteiger charge is 2.42. The quantitative estimate of drug-likeness (QED) is 0.258. The number of benzene rings is 2. The molecule has 0 saturated heterocycles. The molecule has 1 atom stereocenters. The van der Waals surface area contributed by atoms with E-state index in [2.05, 4.69) is 0 Å². The van der Waals surface area contributed by atoms with E-state index in [1.54, 1.807) is 24.3 Å². The number of hydrogen-bond donors (Lipinski definition) is 3. The monoisotopic (exact) mass is 610 g/mol. The molecule has 2 heterocycles. The maximum Gasteiger partial charge on any atom is 0.422 e. The molecule has 1 saturated carbocycles. The summed E-state index contributed by atoms with van der Waals surface area (Å²) in [5, 5.41) is 9.61. The van der Waals surface area contributed by atoms with Crippen molar-refractivity contribution < 1.29 is 36.9 Å². The molecular weight excluding hydrogens is 577 g/mol. The molecule has 0 radical (unpaired) electrons. The van der Waals surface area contributed by atoms with Crippen molar-refractivity contribution in [2.45, 2.75) is 56.1 Å². The number of anilines is 2. The fraction of sp³-hybridized carbons (Fsp3) is 0.414. The fourth-order valence-corrected chi connectivity index (χ4v) is 8.52. The highest BCUT2D eigenvalue weighted by molar-refractivity contribution is 8.22. The number of carbonyl (C=O) groups is 1. The van der Waals surface area contributed by atoms with Crippen LogP contribution in [0.25, 0.3) is 10.4 Å². The van der Waals surface area contributed by atoms with E-state index in [9.17, 15) is 32.2 Å². The van der Waals surface area contributed by atoms with Gasteiger partial charge in [-0.15, -0.1) is 22.1 Å². The van der Waals surface area contributed by atoms with E-state index in [0.29, 0.717) is 22.7 Å². The number of thiophene rings is 1. The number of ether oxygens (including phenoxy) is 1. The van der Waals surface area contributed by atoms with E-state index in [-0.39, 0.29) is 33.0 Å². The van der Waals surface area contributed by atoms with Gasteiger partial charge in [-0.3, -0.25) is 9.11 Å². The van der Waals surface area contributed by atoms with Gasteiger partial charge in [0.05, 0.1) is 10.6 Å². The third-order valence-corrected chi connectivity index (χ3v) is 11.2. The van der Waals surface area contributed by atoms with Crippen molar-refractivity contribution in [2.75, 3.05) is 25.1 Å². The lowest BCUT2D eigenvalue weighted by Gasteiger charge is -2.46. The van der Waals surface area contributed by atoms with Crippen LogP contribution in [0, 0.1) is 12.8 Å². The zero-order chi connectivity index (χ0) is 29.5. The van der Waals surface area contributed by atoms with Crippen molar-refractivity contribution in [3.05, 3.63) is 59.0 Å². The van der Waals surface area contributed by atoms with Gasteiger partial charge in [0.25, 0.3) is 0 Å². The Balaban J connectivity index is 1.73. The number of carboxylic acids is 1. The first kappa shape index (κ1) is 29.7. The molecular formula is C29H33F3N2O5S2. The predicted octanol–water partition coefficient (Wildman–Crippen LogP) is 8.42. The van der Waals surface area contributed by atoms with Crippen LogP contribution >= 0.6 is 22.1 Å². The number of aryl methyl sites for hydroxylation is 1. The van der Waals surface area contributed by atoms with Gasteiger partial charge in [-0.2, -0.15) is 17.5 Å². The Labute approximate surface area is 242 Å². The minimum absolute atomic E-state index is 0.0451. The number of likely N-dealkylation sites (N-methyl/N-ethyl adjacent to an activating group) is 1. The van der Waals surface area contributed by atoms with Gasteiger partial charge in [-0.05, 0) is 55.5 Å². The Morgan fingerprint density at radius 2 is 1.78 bits per heavy atom. The zero-order valence-electron chi connectivity index (χ0n) is 22.7. The molecule has 1 aromatic heterocycles. The summed E-state index contributed by atoms with van der Waals surface area (Å²) in [5.74, 6) is -1.06. The molecule has 1 aliphatic carbocycles. The molecule has 1 aliphatic heterocycles. The second-order valence-corrected chi connectivity index (χ2v) is 13.7. The topological polar surface area (TPSA) is 93.5 Å². The Morgan fingerprint density at radius 1 is 1.10 bits per heavy atom. The Morgan fingerprint density at radius 3 is 2.39 bits per heavy atom. The first-order chi connectivity index (χ1) is 19.4. The molecule has 0 bridgehead atoms. The molecule has 3 N–H and O–H groups in total. The summed E-state index contributed by atoms with van der Waals surface area (Å²) in [4.78, 5) is 14.2. The lowest BCUT2D eigenvalue weighted by Crippen LogP contribution is -2.45. The van der Waals surface area contributed by atoms with Crippen molar-refractivity contribution in [1.29, 1.82) is 0 Å². The van der Waals surface area contributed by atoms with E-state index < -0.39 is 29.5 Å². The third kappa shape index (κ3) is 6.07. The molecule has 3 aromatic rings. The van der Waals surface area contributed by atoms with Crippen LogP contribution in [0.1, 0.15) is 47.3 Å². The van der Waals surface area contributed by atoms with E-state index in [1.807, 2.05) is 35.2 Å². The van der Waals surface area contributed by atoms with Crippen LogP contribution in [0.4, 0.5) is 24.5 Å². The minimum Gasteiger partial charge on any atom is -0.483 e. The maximum atomic E-state index is 13.3. The third-order valence-electron chi connectivity index (χ3n) is 7.92. The smallest absolute Gasteiger partial charge is 0.422 e. The van der Waals surface area contributed by atoms with Crippen LogP contribution in [0.5, 0.6) is 5.75 Å². The summed E-state index contributed by atoms with van der Waals surface area (Å²) in [5.41, 5.74) is 1.72. The van der Waals surface area contributed by atoms with Gasteiger partial charge in [0, 0.05) is 41.8 Å². The summed E-state index contributed by atoms with van der Waals surface area (Å²) in [6.07, 6.45) is 0.511. The number of hydrogen-bond acceptors (Lipinski definition) is 7. The molecule has 41 heavy (non-hydrogen) atoms. The highest BCUT2D eigenvalue weighted by atomic mass is 32.3. The van der Waals surface area contributed by atoms with Gasteiger partial charge in [-0.25, -0.2) is 4.79 Å². The standard InChI is InChI=1S/C29H33F3N2O5S2/c1-18-13-25(40-27(18)28(35)36)21-14-26-22(15-24(21)39-17-29(30,31)32)34(20-11-7-4-8-12-20)16-23(33(2)41(26,37)38)19-9-5-3-6-10-19/h4,7-8,11-15,19,23,37-38H,3,5-6,9-10,16-17H2,1-2H3,(H,35,36). The average molecular weight is 611 g/mol. The summed E-state index contributed by atoms with van der Waals surface area (Å²) >= 11 is 0.903. The Kier molecular flexibility index (Phi) is 8.32.